The van der Waals surface area contributed by atoms with Crippen molar-refractivity contribution in [2.45, 2.75) is 38.3 Å². The lowest BCUT2D eigenvalue weighted by Crippen LogP contribution is -2.47. The van der Waals surface area contributed by atoms with Gasteiger partial charge in [-0.05, 0) is 49.9 Å². The van der Waals surface area contributed by atoms with E-state index in [2.05, 4.69) is 23.1 Å². The lowest BCUT2D eigenvalue weighted by atomic mass is 9.92. The SMILES string of the molecule is O=C(C1CCN([C@H]2CCS(=O)(=O)C2)CC1)N1CCc2ccccc2C1. The normalized spacial score (nSPS) is 27.2. The first kappa shape index (κ1) is 17.0. The van der Waals surface area contributed by atoms with Crippen LogP contribution < -0.4 is 0 Å². The van der Waals surface area contributed by atoms with Gasteiger partial charge in [0, 0.05) is 25.0 Å². The summed E-state index contributed by atoms with van der Waals surface area (Å²) in [5.74, 6) is 1.01. The van der Waals surface area contributed by atoms with Crippen molar-refractivity contribution in [2.75, 3.05) is 31.1 Å². The highest BCUT2D eigenvalue weighted by Gasteiger charge is 2.36. The van der Waals surface area contributed by atoms with Gasteiger partial charge in [0.15, 0.2) is 9.84 Å². The number of nitrogens with zero attached hydrogens (tertiary/aromatic N) is 2. The van der Waals surface area contributed by atoms with Gasteiger partial charge < -0.3 is 4.90 Å². The minimum Gasteiger partial charge on any atom is -0.338 e. The number of likely N-dealkylation sites (tertiary alicyclic amines) is 1. The maximum Gasteiger partial charge on any atom is 0.226 e. The fraction of sp³-hybridized carbons (Fsp3) is 0.632. The molecule has 3 heterocycles. The topological polar surface area (TPSA) is 57.7 Å². The number of benzene rings is 1. The smallest absolute Gasteiger partial charge is 0.226 e. The molecule has 136 valence electrons. The molecular weight excluding hydrogens is 336 g/mol. The van der Waals surface area contributed by atoms with Gasteiger partial charge in [-0.25, -0.2) is 8.42 Å². The molecule has 25 heavy (non-hydrogen) atoms. The van der Waals surface area contributed by atoms with Crippen LogP contribution in [-0.2, 0) is 27.6 Å². The van der Waals surface area contributed by atoms with Crippen molar-refractivity contribution < 1.29 is 13.2 Å². The average molecular weight is 362 g/mol. The van der Waals surface area contributed by atoms with Crippen LogP contribution in [0.4, 0.5) is 0 Å². The summed E-state index contributed by atoms with van der Waals surface area (Å²) in [6.45, 7) is 3.25. The molecule has 1 amide bonds. The number of piperidine rings is 1. The van der Waals surface area contributed by atoms with Gasteiger partial charge in [-0.15, -0.1) is 0 Å². The second-order valence-electron chi connectivity index (χ2n) is 7.65. The molecule has 1 atom stereocenters. The summed E-state index contributed by atoms with van der Waals surface area (Å²) in [4.78, 5) is 17.2. The molecular formula is C19H26N2O3S. The molecule has 0 unspecified atom stereocenters. The Morgan fingerprint density at radius 1 is 1.00 bits per heavy atom. The number of hydrogen-bond acceptors (Lipinski definition) is 4. The molecule has 0 aliphatic carbocycles. The van der Waals surface area contributed by atoms with Crippen LogP contribution in [-0.4, -0.2) is 61.3 Å². The Bertz CT molecular complexity index is 754. The van der Waals surface area contributed by atoms with E-state index in [9.17, 15) is 13.2 Å². The Morgan fingerprint density at radius 3 is 2.40 bits per heavy atom. The number of fused-ring (bicyclic) bond motifs is 1. The molecule has 3 aliphatic rings. The zero-order chi connectivity index (χ0) is 17.4. The van der Waals surface area contributed by atoms with E-state index in [-0.39, 0.29) is 17.9 Å². The fourth-order valence-corrected chi connectivity index (χ4v) is 6.28. The van der Waals surface area contributed by atoms with Crippen LogP contribution in [0.2, 0.25) is 0 Å². The van der Waals surface area contributed by atoms with E-state index in [0.717, 1.165) is 51.9 Å². The lowest BCUT2D eigenvalue weighted by molar-refractivity contribution is -0.138. The number of sulfone groups is 1. The van der Waals surface area contributed by atoms with Crippen molar-refractivity contribution in [1.29, 1.82) is 0 Å². The lowest BCUT2D eigenvalue weighted by Gasteiger charge is -2.38. The van der Waals surface area contributed by atoms with Crippen LogP contribution in [0, 0.1) is 5.92 Å². The minimum absolute atomic E-state index is 0.0968. The molecule has 0 saturated carbocycles. The highest BCUT2D eigenvalue weighted by atomic mass is 32.2. The molecule has 3 aliphatic heterocycles. The molecule has 0 aromatic heterocycles. The van der Waals surface area contributed by atoms with E-state index < -0.39 is 9.84 Å². The van der Waals surface area contributed by atoms with Gasteiger partial charge in [-0.3, -0.25) is 9.69 Å². The molecule has 0 bridgehead atoms. The van der Waals surface area contributed by atoms with Crippen LogP contribution in [0.1, 0.15) is 30.4 Å². The Labute approximate surface area is 149 Å². The van der Waals surface area contributed by atoms with E-state index in [1.54, 1.807) is 0 Å². The number of amides is 1. The van der Waals surface area contributed by atoms with Crippen LogP contribution in [0.15, 0.2) is 24.3 Å². The number of hydrogen-bond donors (Lipinski definition) is 0. The summed E-state index contributed by atoms with van der Waals surface area (Å²) in [6, 6.07) is 8.56. The molecule has 2 saturated heterocycles. The first-order valence-electron chi connectivity index (χ1n) is 9.32. The maximum atomic E-state index is 12.9. The van der Waals surface area contributed by atoms with E-state index in [0.29, 0.717) is 11.5 Å². The third-order valence-electron chi connectivity index (χ3n) is 6.05. The standard InChI is InChI=1S/C19H26N2O3S/c22-19(21-11-5-15-3-1-2-4-17(15)13-21)16-6-9-20(10-7-16)18-8-12-25(23,24)14-18/h1-4,16,18H,5-14H2/t18-/m0/s1. The zero-order valence-corrected chi connectivity index (χ0v) is 15.4. The molecule has 0 radical (unpaired) electrons. The van der Waals surface area contributed by atoms with Gasteiger partial charge >= 0.3 is 0 Å². The third-order valence-corrected chi connectivity index (χ3v) is 7.80. The fourth-order valence-electron chi connectivity index (χ4n) is 4.52. The first-order valence-corrected chi connectivity index (χ1v) is 11.1. The minimum atomic E-state index is -2.84. The second kappa shape index (κ2) is 6.72. The predicted octanol–water partition coefficient (Wildman–Crippen LogP) is 1.47. The van der Waals surface area contributed by atoms with Crippen LogP contribution in [0.25, 0.3) is 0 Å². The largest absolute Gasteiger partial charge is 0.338 e. The van der Waals surface area contributed by atoms with Crippen LogP contribution >= 0.6 is 0 Å². The average Bonchev–Trinajstić information content (AvgIpc) is 3.01. The molecule has 1 aromatic carbocycles. The summed E-state index contributed by atoms with van der Waals surface area (Å²) in [7, 11) is -2.84. The van der Waals surface area contributed by atoms with Gasteiger partial charge in [0.05, 0.1) is 11.5 Å². The Kier molecular flexibility index (Phi) is 4.58. The Balaban J connectivity index is 1.33. The van der Waals surface area contributed by atoms with Gasteiger partial charge in [0.2, 0.25) is 5.91 Å². The van der Waals surface area contributed by atoms with Crippen molar-refractivity contribution >= 4 is 15.7 Å². The Hall–Kier alpha value is -1.40. The molecule has 2 fully saturated rings. The Morgan fingerprint density at radius 2 is 1.72 bits per heavy atom. The number of rotatable bonds is 2. The number of carbonyl (C=O) groups excluding carboxylic acids is 1. The van der Waals surface area contributed by atoms with E-state index >= 15 is 0 Å². The first-order chi connectivity index (χ1) is 12.0. The van der Waals surface area contributed by atoms with Gasteiger partial charge in [0.25, 0.3) is 0 Å². The molecule has 6 heteroatoms. The molecule has 0 spiro atoms. The molecule has 0 N–H and O–H groups in total. The predicted molar refractivity (Wildman–Crippen MR) is 96.9 cm³/mol. The van der Waals surface area contributed by atoms with Crippen LogP contribution in [0.3, 0.4) is 0 Å². The highest BCUT2D eigenvalue weighted by Crippen LogP contribution is 2.27. The van der Waals surface area contributed by atoms with E-state index in [4.69, 9.17) is 0 Å². The summed E-state index contributed by atoms with van der Waals surface area (Å²) in [5, 5.41) is 0. The molecule has 5 nitrogen and oxygen atoms in total. The van der Waals surface area contributed by atoms with Gasteiger partial charge in [0.1, 0.15) is 0 Å². The summed E-state index contributed by atoms with van der Waals surface area (Å²) in [6.07, 6.45) is 3.41. The van der Waals surface area contributed by atoms with E-state index in [1.807, 2.05) is 11.0 Å². The van der Waals surface area contributed by atoms with Crippen LogP contribution in [0.5, 0.6) is 0 Å². The van der Waals surface area contributed by atoms with Crippen molar-refractivity contribution in [3.05, 3.63) is 35.4 Å². The molecule has 1 aromatic rings. The highest BCUT2D eigenvalue weighted by molar-refractivity contribution is 7.91. The van der Waals surface area contributed by atoms with Gasteiger partial charge in [-0.2, -0.15) is 0 Å². The zero-order valence-electron chi connectivity index (χ0n) is 14.6. The van der Waals surface area contributed by atoms with E-state index in [1.165, 1.54) is 11.1 Å². The maximum absolute atomic E-state index is 12.9. The monoisotopic (exact) mass is 362 g/mol. The third kappa shape index (κ3) is 3.60. The summed E-state index contributed by atoms with van der Waals surface area (Å²) >= 11 is 0. The second-order valence-corrected chi connectivity index (χ2v) is 9.87. The number of carbonyl (C=O) groups is 1. The quantitative estimate of drug-likeness (QED) is 0.799. The summed E-state index contributed by atoms with van der Waals surface area (Å²) < 4.78 is 23.4. The van der Waals surface area contributed by atoms with Crippen molar-refractivity contribution in [1.82, 2.24) is 9.80 Å². The van der Waals surface area contributed by atoms with Crippen molar-refractivity contribution in [3.63, 3.8) is 0 Å². The van der Waals surface area contributed by atoms with Crippen molar-refractivity contribution in [3.8, 4) is 0 Å². The summed E-state index contributed by atoms with van der Waals surface area (Å²) in [5.41, 5.74) is 2.64. The molecule has 4 rings (SSSR count). The van der Waals surface area contributed by atoms with Gasteiger partial charge in [-0.1, -0.05) is 24.3 Å². The van der Waals surface area contributed by atoms with Crippen molar-refractivity contribution in [2.24, 2.45) is 5.92 Å².